The number of carbonyl (C=O) groups is 1. The van der Waals surface area contributed by atoms with Gasteiger partial charge in [-0.2, -0.15) is 0 Å². The quantitative estimate of drug-likeness (QED) is 0.843. The van der Waals surface area contributed by atoms with Gasteiger partial charge in [0.1, 0.15) is 5.82 Å². The van der Waals surface area contributed by atoms with Crippen molar-refractivity contribution in [3.05, 3.63) is 29.0 Å². The molecule has 0 bridgehead atoms. The fourth-order valence-corrected chi connectivity index (χ4v) is 1.89. The number of benzene rings is 1. The van der Waals surface area contributed by atoms with Gasteiger partial charge >= 0.3 is 5.97 Å². The SMILES string of the molecule is COC(=O)C1(CNc2cc(Cl)ccc2F)CC1. The molecule has 0 saturated heterocycles. The zero-order valence-corrected chi connectivity index (χ0v) is 10.2. The van der Waals surface area contributed by atoms with Gasteiger partial charge in [-0.15, -0.1) is 0 Å². The normalized spacial score (nSPS) is 16.4. The molecule has 5 heteroatoms. The Morgan fingerprint density at radius 3 is 2.88 bits per heavy atom. The Balaban J connectivity index is 2.03. The Kier molecular flexibility index (Phi) is 3.24. The van der Waals surface area contributed by atoms with Gasteiger partial charge in [-0.1, -0.05) is 11.6 Å². The molecule has 0 unspecified atom stereocenters. The van der Waals surface area contributed by atoms with Crippen LogP contribution in [0.25, 0.3) is 0 Å². The monoisotopic (exact) mass is 257 g/mol. The number of anilines is 1. The molecule has 92 valence electrons. The van der Waals surface area contributed by atoms with E-state index in [9.17, 15) is 9.18 Å². The van der Waals surface area contributed by atoms with Gasteiger partial charge in [0.25, 0.3) is 0 Å². The van der Waals surface area contributed by atoms with Crippen molar-refractivity contribution in [2.75, 3.05) is 19.0 Å². The molecule has 1 saturated carbocycles. The van der Waals surface area contributed by atoms with Gasteiger partial charge in [-0.05, 0) is 31.0 Å². The minimum Gasteiger partial charge on any atom is -0.469 e. The summed E-state index contributed by atoms with van der Waals surface area (Å²) in [5.41, 5.74) is -0.170. The maximum absolute atomic E-state index is 13.4. The number of rotatable bonds is 4. The van der Waals surface area contributed by atoms with Gasteiger partial charge in [0.15, 0.2) is 0 Å². The van der Waals surface area contributed by atoms with Crippen molar-refractivity contribution in [2.45, 2.75) is 12.8 Å². The minimum atomic E-state index is -0.483. The van der Waals surface area contributed by atoms with Crippen LogP contribution < -0.4 is 5.32 Å². The molecule has 0 aliphatic heterocycles. The first-order chi connectivity index (χ1) is 8.07. The van der Waals surface area contributed by atoms with Gasteiger partial charge in [-0.3, -0.25) is 4.79 Å². The zero-order chi connectivity index (χ0) is 12.5. The van der Waals surface area contributed by atoms with Crippen molar-refractivity contribution in [3.8, 4) is 0 Å². The predicted molar refractivity (Wildman–Crippen MR) is 63.6 cm³/mol. The van der Waals surface area contributed by atoms with Crippen molar-refractivity contribution in [2.24, 2.45) is 5.41 Å². The van der Waals surface area contributed by atoms with Crippen molar-refractivity contribution >= 4 is 23.3 Å². The van der Waals surface area contributed by atoms with Gasteiger partial charge in [0.2, 0.25) is 0 Å². The standard InChI is InChI=1S/C12H13ClFNO2/c1-17-11(16)12(4-5-12)7-15-10-6-8(13)2-3-9(10)14/h2-3,6,15H,4-5,7H2,1H3. The molecule has 2 rings (SSSR count). The van der Waals surface area contributed by atoms with E-state index in [0.717, 1.165) is 12.8 Å². The lowest BCUT2D eigenvalue weighted by molar-refractivity contribution is -0.146. The van der Waals surface area contributed by atoms with Crippen LogP contribution in [0.1, 0.15) is 12.8 Å². The largest absolute Gasteiger partial charge is 0.469 e. The van der Waals surface area contributed by atoms with Gasteiger partial charge in [-0.25, -0.2) is 4.39 Å². The number of esters is 1. The van der Waals surface area contributed by atoms with Gasteiger partial charge < -0.3 is 10.1 Å². The van der Waals surface area contributed by atoms with Crippen LogP contribution in [0, 0.1) is 11.2 Å². The molecule has 0 atom stereocenters. The highest BCUT2D eigenvalue weighted by molar-refractivity contribution is 6.30. The Morgan fingerprint density at radius 1 is 1.59 bits per heavy atom. The lowest BCUT2D eigenvalue weighted by Crippen LogP contribution is -2.26. The van der Waals surface area contributed by atoms with E-state index in [1.54, 1.807) is 0 Å². The lowest BCUT2D eigenvalue weighted by atomic mass is 10.1. The second-order valence-corrected chi connectivity index (χ2v) is 4.69. The van der Waals surface area contributed by atoms with Crippen LogP contribution >= 0.6 is 11.6 Å². The number of carbonyl (C=O) groups excluding carboxylic acids is 1. The van der Waals surface area contributed by atoms with E-state index in [-0.39, 0.29) is 11.8 Å². The van der Waals surface area contributed by atoms with Crippen LogP contribution in [-0.2, 0) is 9.53 Å². The smallest absolute Gasteiger partial charge is 0.313 e. The first-order valence-corrected chi connectivity index (χ1v) is 5.72. The van der Waals surface area contributed by atoms with E-state index >= 15 is 0 Å². The maximum atomic E-state index is 13.4. The van der Waals surface area contributed by atoms with E-state index in [4.69, 9.17) is 16.3 Å². The highest BCUT2D eigenvalue weighted by atomic mass is 35.5. The summed E-state index contributed by atoms with van der Waals surface area (Å²) >= 11 is 5.77. The van der Waals surface area contributed by atoms with Crippen molar-refractivity contribution in [3.63, 3.8) is 0 Å². The third kappa shape index (κ3) is 2.52. The lowest BCUT2D eigenvalue weighted by Gasteiger charge is -2.14. The molecule has 0 heterocycles. The summed E-state index contributed by atoms with van der Waals surface area (Å²) < 4.78 is 18.1. The van der Waals surface area contributed by atoms with Crippen LogP contribution in [0.5, 0.6) is 0 Å². The van der Waals surface area contributed by atoms with Crippen molar-refractivity contribution in [1.29, 1.82) is 0 Å². The predicted octanol–water partition coefficient (Wildman–Crippen LogP) is 2.84. The summed E-state index contributed by atoms with van der Waals surface area (Å²) in [6.45, 7) is 0.372. The third-order valence-corrected chi connectivity index (χ3v) is 3.25. The molecule has 1 aliphatic carbocycles. The molecule has 1 fully saturated rings. The van der Waals surface area contributed by atoms with Gasteiger partial charge in [0, 0.05) is 11.6 Å². The second-order valence-electron chi connectivity index (χ2n) is 4.25. The first-order valence-electron chi connectivity index (χ1n) is 5.35. The molecule has 0 spiro atoms. The Labute approximate surface area is 104 Å². The van der Waals surface area contributed by atoms with Crippen LogP contribution in [0.3, 0.4) is 0 Å². The van der Waals surface area contributed by atoms with Crippen molar-refractivity contribution in [1.82, 2.24) is 0 Å². The summed E-state index contributed by atoms with van der Waals surface area (Å²) in [6, 6.07) is 4.28. The molecule has 1 aromatic rings. The molecule has 0 radical (unpaired) electrons. The first kappa shape index (κ1) is 12.2. The molecule has 3 nitrogen and oxygen atoms in total. The van der Waals surface area contributed by atoms with Crippen LogP contribution in [0.15, 0.2) is 18.2 Å². The summed E-state index contributed by atoms with van der Waals surface area (Å²) in [6.07, 6.45) is 1.55. The van der Waals surface area contributed by atoms with Gasteiger partial charge in [0.05, 0.1) is 18.2 Å². The third-order valence-electron chi connectivity index (χ3n) is 3.02. The average molecular weight is 258 g/mol. The summed E-state index contributed by atoms with van der Waals surface area (Å²) in [4.78, 5) is 11.5. The molecular weight excluding hydrogens is 245 g/mol. The maximum Gasteiger partial charge on any atom is 0.313 e. The summed E-state index contributed by atoms with van der Waals surface area (Å²) in [5.74, 6) is -0.623. The molecule has 1 aliphatic rings. The molecule has 1 N–H and O–H groups in total. The fourth-order valence-electron chi connectivity index (χ4n) is 1.72. The highest BCUT2D eigenvalue weighted by Gasteiger charge is 2.50. The average Bonchev–Trinajstić information content (AvgIpc) is 3.10. The Bertz CT molecular complexity index is 446. The molecular formula is C12H13ClFNO2. The number of hydrogen-bond donors (Lipinski definition) is 1. The Morgan fingerprint density at radius 2 is 2.29 bits per heavy atom. The van der Waals surface area contributed by atoms with E-state index < -0.39 is 5.41 Å². The fraction of sp³-hybridized carbons (Fsp3) is 0.417. The summed E-state index contributed by atoms with van der Waals surface area (Å²) in [7, 11) is 1.36. The number of nitrogens with one attached hydrogen (secondary N) is 1. The molecule has 1 aromatic carbocycles. The topological polar surface area (TPSA) is 38.3 Å². The molecule has 17 heavy (non-hydrogen) atoms. The molecule has 0 aromatic heterocycles. The number of hydrogen-bond acceptors (Lipinski definition) is 3. The van der Waals surface area contributed by atoms with Crippen LogP contribution in [0.4, 0.5) is 10.1 Å². The Hall–Kier alpha value is -1.29. The number of methoxy groups -OCH3 is 1. The van der Waals surface area contributed by atoms with E-state index in [2.05, 4.69) is 5.32 Å². The van der Waals surface area contributed by atoms with E-state index in [1.165, 1.54) is 25.3 Å². The van der Waals surface area contributed by atoms with Crippen LogP contribution in [-0.4, -0.2) is 19.6 Å². The van der Waals surface area contributed by atoms with E-state index in [1.807, 2.05) is 0 Å². The van der Waals surface area contributed by atoms with E-state index in [0.29, 0.717) is 17.3 Å². The van der Waals surface area contributed by atoms with Crippen LogP contribution in [0.2, 0.25) is 5.02 Å². The van der Waals surface area contributed by atoms with Crippen molar-refractivity contribution < 1.29 is 13.9 Å². The summed E-state index contributed by atoms with van der Waals surface area (Å²) in [5, 5.41) is 3.37. The number of halogens is 2. The zero-order valence-electron chi connectivity index (χ0n) is 9.43. The highest BCUT2D eigenvalue weighted by Crippen LogP contribution is 2.46. The second kappa shape index (κ2) is 4.53. The molecule has 0 amide bonds. The number of ether oxygens (including phenoxy) is 1. The minimum absolute atomic E-state index is 0.243.